The van der Waals surface area contributed by atoms with Gasteiger partial charge < -0.3 is 25.6 Å². The van der Waals surface area contributed by atoms with Crippen LogP contribution in [-0.2, 0) is 13.2 Å². The van der Waals surface area contributed by atoms with Crippen molar-refractivity contribution in [2.75, 3.05) is 13.2 Å². The molecule has 3 aromatic rings. The standard InChI is InChI=1S/C24H24BrFN4O6/c1-13-3-4-15(21(32)27-7-8-31)10-19(13)30-14(2)29-22(20(25)23(30)33)36-12-16-5-6-18(26)9-17(16)11-28-24(34)35/h3-6,9-10,28,31H,7-8,11-12H2,1-2H3,(H,27,32)(H,34,35). The zero-order valence-corrected chi connectivity index (χ0v) is 21.1. The molecular weight excluding hydrogens is 539 g/mol. The number of carbonyl (C=O) groups is 2. The Hall–Kier alpha value is -3.77. The average molecular weight is 563 g/mol. The number of aromatic nitrogens is 2. The molecule has 10 nitrogen and oxygen atoms in total. The van der Waals surface area contributed by atoms with Crippen LogP contribution < -0.4 is 20.9 Å². The third-order valence-corrected chi connectivity index (χ3v) is 5.92. The first-order valence-corrected chi connectivity index (χ1v) is 11.6. The van der Waals surface area contributed by atoms with Crippen LogP contribution in [0, 0.1) is 19.7 Å². The maximum atomic E-state index is 13.7. The molecule has 0 aliphatic heterocycles. The van der Waals surface area contributed by atoms with E-state index in [4.69, 9.17) is 14.9 Å². The number of benzene rings is 2. The molecule has 0 bridgehead atoms. The number of rotatable bonds is 9. The summed E-state index contributed by atoms with van der Waals surface area (Å²) in [6.07, 6.45) is -1.25. The van der Waals surface area contributed by atoms with Crippen LogP contribution >= 0.6 is 15.9 Å². The first-order chi connectivity index (χ1) is 17.1. The number of aliphatic hydroxyl groups is 1. The minimum atomic E-state index is -1.25. The van der Waals surface area contributed by atoms with Gasteiger partial charge in [-0.25, -0.2) is 9.18 Å². The van der Waals surface area contributed by atoms with Gasteiger partial charge in [-0.3, -0.25) is 14.2 Å². The molecular formula is C24H24BrFN4O6. The number of hydrogen-bond donors (Lipinski definition) is 4. The van der Waals surface area contributed by atoms with Crippen molar-refractivity contribution in [3.63, 3.8) is 0 Å². The number of aryl methyl sites for hydroxylation is 2. The molecule has 0 atom stereocenters. The molecule has 2 aromatic carbocycles. The number of carbonyl (C=O) groups excluding carboxylic acids is 1. The minimum absolute atomic E-state index is 0.00437. The predicted molar refractivity (Wildman–Crippen MR) is 132 cm³/mol. The average Bonchev–Trinajstić information content (AvgIpc) is 2.84. The molecule has 0 aliphatic rings. The monoisotopic (exact) mass is 562 g/mol. The summed E-state index contributed by atoms with van der Waals surface area (Å²) >= 11 is 3.24. The van der Waals surface area contributed by atoms with Gasteiger partial charge in [0.1, 0.15) is 22.7 Å². The van der Waals surface area contributed by atoms with Crippen molar-refractivity contribution in [2.24, 2.45) is 0 Å². The van der Waals surface area contributed by atoms with Crippen LogP contribution in [0.3, 0.4) is 0 Å². The molecule has 0 aliphatic carbocycles. The zero-order chi connectivity index (χ0) is 26.4. The van der Waals surface area contributed by atoms with Gasteiger partial charge in [-0.05, 0) is 70.7 Å². The van der Waals surface area contributed by atoms with E-state index in [9.17, 15) is 18.8 Å². The largest absolute Gasteiger partial charge is 0.472 e. The molecule has 0 saturated carbocycles. The van der Waals surface area contributed by atoms with Gasteiger partial charge in [-0.2, -0.15) is 4.98 Å². The van der Waals surface area contributed by atoms with Crippen LogP contribution in [0.15, 0.2) is 45.7 Å². The summed E-state index contributed by atoms with van der Waals surface area (Å²) in [5.41, 5.74) is 1.91. The van der Waals surface area contributed by atoms with Crippen molar-refractivity contribution >= 4 is 27.9 Å². The van der Waals surface area contributed by atoms with Gasteiger partial charge in [-0.15, -0.1) is 0 Å². The summed E-state index contributed by atoms with van der Waals surface area (Å²) in [7, 11) is 0. The molecule has 190 valence electrons. The lowest BCUT2D eigenvalue weighted by Crippen LogP contribution is -2.28. The van der Waals surface area contributed by atoms with Crippen LogP contribution in [0.25, 0.3) is 5.69 Å². The summed E-state index contributed by atoms with van der Waals surface area (Å²) in [6, 6.07) is 8.77. The second kappa shape index (κ2) is 11.8. The lowest BCUT2D eigenvalue weighted by Gasteiger charge is -2.17. The van der Waals surface area contributed by atoms with Gasteiger partial charge in [0, 0.05) is 18.7 Å². The second-order valence-corrected chi connectivity index (χ2v) is 8.55. The number of halogens is 2. The van der Waals surface area contributed by atoms with Crippen molar-refractivity contribution in [3.05, 3.63) is 85.1 Å². The molecule has 0 fully saturated rings. The van der Waals surface area contributed by atoms with Crippen LogP contribution in [0.1, 0.15) is 32.9 Å². The van der Waals surface area contributed by atoms with E-state index in [1.165, 1.54) is 22.8 Å². The Kier molecular flexibility index (Phi) is 8.78. The fraction of sp³-hybridized carbons (Fsp3) is 0.250. The minimum Gasteiger partial charge on any atom is -0.472 e. The highest BCUT2D eigenvalue weighted by Gasteiger charge is 2.18. The molecule has 1 aromatic heterocycles. The van der Waals surface area contributed by atoms with Crippen LogP contribution in [0.5, 0.6) is 5.88 Å². The molecule has 0 unspecified atom stereocenters. The van der Waals surface area contributed by atoms with E-state index in [1.807, 2.05) is 0 Å². The summed E-state index contributed by atoms with van der Waals surface area (Å²) in [4.78, 5) is 40.8. The molecule has 2 amide bonds. The van der Waals surface area contributed by atoms with Gasteiger partial charge in [0.15, 0.2) is 0 Å². The normalized spacial score (nSPS) is 10.7. The van der Waals surface area contributed by atoms with E-state index in [0.717, 1.165) is 5.56 Å². The maximum Gasteiger partial charge on any atom is 0.404 e. The van der Waals surface area contributed by atoms with Crippen molar-refractivity contribution in [3.8, 4) is 11.6 Å². The SMILES string of the molecule is Cc1ccc(C(=O)NCCO)cc1-n1c(C)nc(OCc2ccc(F)cc2CNC(=O)O)c(Br)c1=O. The Labute approximate surface area is 213 Å². The zero-order valence-electron chi connectivity index (χ0n) is 19.5. The molecule has 36 heavy (non-hydrogen) atoms. The third-order valence-electron chi connectivity index (χ3n) is 5.24. The fourth-order valence-electron chi connectivity index (χ4n) is 3.44. The summed E-state index contributed by atoms with van der Waals surface area (Å²) in [5.74, 6) is -0.623. The molecule has 1 heterocycles. The summed E-state index contributed by atoms with van der Waals surface area (Å²) < 4.78 is 20.8. The third kappa shape index (κ3) is 6.26. The van der Waals surface area contributed by atoms with E-state index >= 15 is 0 Å². The summed E-state index contributed by atoms with van der Waals surface area (Å²) in [5, 5.41) is 22.5. The van der Waals surface area contributed by atoms with Gasteiger partial charge in [-0.1, -0.05) is 12.1 Å². The first-order valence-electron chi connectivity index (χ1n) is 10.8. The van der Waals surface area contributed by atoms with Gasteiger partial charge in [0.25, 0.3) is 11.5 Å². The van der Waals surface area contributed by atoms with Crippen molar-refractivity contribution in [2.45, 2.75) is 27.0 Å². The highest BCUT2D eigenvalue weighted by molar-refractivity contribution is 9.10. The Morgan fingerprint density at radius 1 is 1.14 bits per heavy atom. The maximum absolute atomic E-state index is 13.7. The van der Waals surface area contributed by atoms with E-state index in [0.29, 0.717) is 28.2 Å². The van der Waals surface area contributed by atoms with Crippen LogP contribution in [0.2, 0.25) is 0 Å². The Bertz CT molecular complexity index is 1360. The number of ether oxygens (including phenoxy) is 1. The lowest BCUT2D eigenvalue weighted by atomic mass is 10.1. The molecule has 0 radical (unpaired) electrons. The quantitative estimate of drug-likeness (QED) is 0.314. The fourth-order valence-corrected chi connectivity index (χ4v) is 3.82. The second-order valence-electron chi connectivity index (χ2n) is 7.76. The van der Waals surface area contributed by atoms with Gasteiger partial charge in [0.2, 0.25) is 5.88 Å². The Balaban J connectivity index is 1.92. The number of aliphatic hydroxyl groups excluding tert-OH is 1. The number of nitrogens with one attached hydrogen (secondary N) is 2. The van der Waals surface area contributed by atoms with Gasteiger partial charge >= 0.3 is 6.09 Å². The number of amides is 2. The van der Waals surface area contributed by atoms with E-state index in [1.54, 1.807) is 32.0 Å². The number of hydrogen-bond acceptors (Lipinski definition) is 6. The van der Waals surface area contributed by atoms with Crippen molar-refractivity contribution in [1.29, 1.82) is 0 Å². The summed E-state index contributed by atoms with van der Waals surface area (Å²) in [6.45, 7) is 3.08. The molecule has 0 saturated heterocycles. The molecule has 12 heteroatoms. The van der Waals surface area contributed by atoms with E-state index < -0.39 is 23.4 Å². The van der Waals surface area contributed by atoms with E-state index in [2.05, 4.69) is 31.5 Å². The molecule has 0 spiro atoms. The van der Waals surface area contributed by atoms with Gasteiger partial charge in [0.05, 0.1) is 12.3 Å². The molecule has 4 N–H and O–H groups in total. The Morgan fingerprint density at radius 2 is 1.89 bits per heavy atom. The predicted octanol–water partition coefficient (Wildman–Crippen LogP) is 2.82. The van der Waals surface area contributed by atoms with E-state index in [-0.39, 0.29) is 36.7 Å². The van der Waals surface area contributed by atoms with Crippen LogP contribution in [-0.4, -0.2) is 44.9 Å². The topological polar surface area (TPSA) is 143 Å². The lowest BCUT2D eigenvalue weighted by molar-refractivity contribution is 0.0944. The first kappa shape index (κ1) is 26.8. The van der Waals surface area contributed by atoms with Crippen LogP contribution in [0.4, 0.5) is 9.18 Å². The Morgan fingerprint density at radius 3 is 2.58 bits per heavy atom. The van der Waals surface area contributed by atoms with Crippen molar-refractivity contribution < 1.29 is 28.9 Å². The number of carboxylic acid groups (broad SMARTS) is 1. The highest BCUT2D eigenvalue weighted by Crippen LogP contribution is 2.24. The number of nitrogens with zero attached hydrogens (tertiary/aromatic N) is 2. The highest BCUT2D eigenvalue weighted by atomic mass is 79.9. The smallest absolute Gasteiger partial charge is 0.404 e. The van der Waals surface area contributed by atoms with Crippen molar-refractivity contribution in [1.82, 2.24) is 20.2 Å². The molecule has 3 rings (SSSR count).